The molecular weight excluding hydrogens is 546 g/mol. The minimum Gasteiger partial charge on any atom is -0.452 e. The highest BCUT2D eigenvalue weighted by Gasteiger charge is 2.35. The number of allylic oxidation sites excluding steroid dienone is 1. The van der Waals surface area contributed by atoms with Gasteiger partial charge in [0.2, 0.25) is 11.7 Å². The summed E-state index contributed by atoms with van der Waals surface area (Å²) in [5.41, 5.74) is 5.32. The normalized spacial score (nSPS) is 20.2. The number of carbonyl (C=O) groups is 2. The second-order valence-corrected chi connectivity index (χ2v) is 11.3. The van der Waals surface area contributed by atoms with Crippen LogP contribution in [0.1, 0.15) is 28.8 Å². The highest BCUT2D eigenvalue weighted by atomic mass is 16.5. The van der Waals surface area contributed by atoms with Crippen LogP contribution in [0.5, 0.6) is 5.75 Å². The van der Waals surface area contributed by atoms with E-state index in [0.29, 0.717) is 22.9 Å². The molecule has 2 bridgehead atoms. The predicted octanol–water partition coefficient (Wildman–Crippen LogP) is 5.09. The number of ketones is 1. The number of aromatic nitrogens is 4. The monoisotopic (exact) mass is 575 g/mol. The Labute approximate surface area is 246 Å². The molecule has 5 aromatic rings. The fourth-order valence-electron chi connectivity index (χ4n) is 6.43. The standard InChI is InChI=1S/C32H29N7O4/c1-37-15-18(28-25(11-12-33-30(28)37)39-16-20-8-9-21(17-39)42-20)13-27-29(40)22-14-19(7-10-26(22)43-27)34-32(41)36-31-35-23-5-3-4-6-24(23)38(31)2/h3-7,10-15,20-21H,8-9,16-17H2,1-2H3,(H2,34,35,36,41)/b27-13-. The smallest absolute Gasteiger partial charge is 0.326 e. The van der Waals surface area contributed by atoms with Crippen molar-refractivity contribution in [2.45, 2.75) is 25.0 Å². The number of hydrogen-bond donors (Lipinski definition) is 2. The number of hydrogen-bond acceptors (Lipinski definition) is 7. The van der Waals surface area contributed by atoms with Crippen molar-refractivity contribution >= 4 is 57.3 Å². The van der Waals surface area contributed by atoms with E-state index in [1.165, 1.54) is 0 Å². The number of pyridine rings is 1. The Morgan fingerprint density at radius 1 is 1.05 bits per heavy atom. The first kappa shape index (κ1) is 25.5. The van der Waals surface area contributed by atoms with Crippen LogP contribution in [0, 0.1) is 0 Å². The Hall–Kier alpha value is -5.16. The predicted molar refractivity (Wildman–Crippen MR) is 164 cm³/mol. The van der Waals surface area contributed by atoms with Gasteiger partial charge in [0.05, 0.1) is 34.5 Å². The second kappa shape index (κ2) is 9.70. The molecule has 6 heterocycles. The summed E-state index contributed by atoms with van der Waals surface area (Å²) in [6.07, 6.45) is 8.25. The molecule has 3 aromatic heterocycles. The molecular formula is C32H29N7O4. The van der Waals surface area contributed by atoms with Crippen molar-refractivity contribution in [1.82, 2.24) is 19.1 Å². The first-order valence-electron chi connectivity index (χ1n) is 14.3. The average Bonchev–Trinajstić information content (AvgIpc) is 3.72. The van der Waals surface area contributed by atoms with Crippen LogP contribution in [0.3, 0.4) is 0 Å². The van der Waals surface area contributed by atoms with Crippen LogP contribution >= 0.6 is 0 Å². The van der Waals surface area contributed by atoms with Crippen LogP contribution in [0.2, 0.25) is 0 Å². The molecule has 2 amide bonds. The molecule has 2 unspecified atom stereocenters. The number of nitrogens with one attached hydrogen (secondary N) is 2. The van der Waals surface area contributed by atoms with E-state index in [-0.39, 0.29) is 23.8 Å². The number of Topliss-reactive ketones (excluding diaryl/α,β-unsaturated/α-hetero) is 1. The van der Waals surface area contributed by atoms with Gasteiger partial charge in [0, 0.05) is 56.2 Å². The van der Waals surface area contributed by atoms with E-state index < -0.39 is 6.03 Å². The molecule has 216 valence electrons. The Kier molecular flexibility index (Phi) is 5.76. The Morgan fingerprint density at radius 3 is 2.67 bits per heavy atom. The molecule has 2 N–H and O–H groups in total. The molecule has 3 aliphatic rings. The minimum atomic E-state index is -0.465. The van der Waals surface area contributed by atoms with E-state index in [1.54, 1.807) is 24.3 Å². The molecule has 2 fully saturated rings. The number of amides is 2. The first-order chi connectivity index (χ1) is 20.9. The molecule has 8 rings (SSSR count). The van der Waals surface area contributed by atoms with Crippen LogP contribution in [-0.2, 0) is 18.8 Å². The lowest BCUT2D eigenvalue weighted by Crippen LogP contribution is -2.42. The lowest BCUT2D eigenvalue weighted by molar-refractivity contribution is 0.0306. The van der Waals surface area contributed by atoms with Gasteiger partial charge < -0.3 is 28.8 Å². The van der Waals surface area contributed by atoms with Crippen LogP contribution in [0.4, 0.5) is 22.1 Å². The molecule has 0 radical (unpaired) electrons. The molecule has 0 aliphatic carbocycles. The summed E-state index contributed by atoms with van der Waals surface area (Å²) in [5.74, 6) is 0.834. The number of ether oxygens (including phenoxy) is 2. The summed E-state index contributed by atoms with van der Waals surface area (Å²) in [5, 5.41) is 6.56. The fraction of sp³-hybridized carbons (Fsp3) is 0.250. The summed E-state index contributed by atoms with van der Waals surface area (Å²) >= 11 is 0. The van der Waals surface area contributed by atoms with Crippen LogP contribution in [-0.4, -0.2) is 56.2 Å². The number of aryl methyl sites for hydroxylation is 2. The SMILES string of the molecule is Cn1cc(/C=C2\Oc3ccc(NC(=O)Nc4nc5ccccc5n4C)cc3C2=O)c2c(N3CC4CCC(C3)O4)ccnc21. The van der Waals surface area contributed by atoms with E-state index >= 15 is 0 Å². The van der Waals surface area contributed by atoms with E-state index in [2.05, 4.69) is 25.5 Å². The number of nitrogens with zero attached hydrogens (tertiary/aromatic N) is 5. The van der Waals surface area contributed by atoms with E-state index in [1.807, 2.05) is 66.0 Å². The summed E-state index contributed by atoms with van der Waals surface area (Å²) in [6.45, 7) is 1.67. The van der Waals surface area contributed by atoms with Crippen molar-refractivity contribution in [3.8, 4) is 5.75 Å². The summed E-state index contributed by atoms with van der Waals surface area (Å²) < 4.78 is 15.9. The third-order valence-electron chi connectivity index (χ3n) is 8.47. The Morgan fingerprint density at radius 2 is 1.86 bits per heavy atom. The first-order valence-corrected chi connectivity index (χ1v) is 14.3. The lowest BCUT2D eigenvalue weighted by Gasteiger charge is -2.34. The number of imidazole rings is 1. The van der Waals surface area contributed by atoms with E-state index in [9.17, 15) is 9.59 Å². The van der Waals surface area contributed by atoms with Gasteiger partial charge in [-0.1, -0.05) is 12.1 Å². The molecule has 2 aromatic carbocycles. The molecule has 43 heavy (non-hydrogen) atoms. The van der Waals surface area contributed by atoms with Crippen molar-refractivity contribution in [2.75, 3.05) is 28.6 Å². The van der Waals surface area contributed by atoms with Crippen LogP contribution < -0.4 is 20.3 Å². The van der Waals surface area contributed by atoms with Crippen LogP contribution in [0.15, 0.2) is 66.7 Å². The minimum absolute atomic E-state index is 0.223. The van der Waals surface area contributed by atoms with Crippen molar-refractivity contribution in [2.24, 2.45) is 14.1 Å². The maximum atomic E-state index is 13.5. The molecule has 3 aliphatic heterocycles. The van der Waals surface area contributed by atoms with Gasteiger partial charge in [-0.15, -0.1) is 0 Å². The number of rotatable bonds is 4. The number of urea groups is 1. The number of fused-ring (bicyclic) bond motifs is 5. The van der Waals surface area contributed by atoms with Crippen LogP contribution in [0.25, 0.3) is 28.1 Å². The fourth-order valence-corrected chi connectivity index (χ4v) is 6.43. The summed E-state index contributed by atoms with van der Waals surface area (Å²) in [7, 11) is 3.79. The van der Waals surface area contributed by atoms with Gasteiger partial charge in [0.1, 0.15) is 11.4 Å². The van der Waals surface area contributed by atoms with E-state index in [4.69, 9.17) is 9.47 Å². The maximum Gasteiger partial charge on any atom is 0.326 e. The zero-order valence-corrected chi connectivity index (χ0v) is 23.7. The van der Waals surface area contributed by atoms with Gasteiger partial charge >= 0.3 is 6.03 Å². The van der Waals surface area contributed by atoms with Gasteiger partial charge in [-0.25, -0.2) is 14.8 Å². The molecule has 11 nitrogen and oxygen atoms in total. The summed E-state index contributed by atoms with van der Waals surface area (Å²) in [6, 6.07) is 14.2. The van der Waals surface area contributed by atoms with Crippen molar-refractivity contribution < 1.29 is 19.1 Å². The highest BCUT2D eigenvalue weighted by Crippen LogP contribution is 2.38. The third-order valence-corrected chi connectivity index (χ3v) is 8.47. The zero-order valence-electron chi connectivity index (χ0n) is 23.7. The topological polar surface area (TPSA) is 116 Å². The largest absolute Gasteiger partial charge is 0.452 e. The van der Waals surface area contributed by atoms with Gasteiger partial charge in [0.25, 0.3) is 0 Å². The second-order valence-electron chi connectivity index (χ2n) is 11.3. The lowest BCUT2D eigenvalue weighted by atomic mass is 10.1. The van der Waals surface area contributed by atoms with Crippen molar-refractivity contribution in [1.29, 1.82) is 0 Å². The van der Waals surface area contributed by atoms with Crippen molar-refractivity contribution in [3.05, 3.63) is 77.8 Å². The van der Waals surface area contributed by atoms with E-state index in [0.717, 1.165) is 59.2 Å². The third kappa shape index (κ3) is 4.31. The van der Waals surface area contributed by atoms with Gasteiger partial charge in [0.15, 0.2) is 5.76 Å². The number of para-hydroxylation sites is 2. The molecule has 0 saturated carbocycles. The maximum absolute atomic E-state index is 13.5. The zero-order chi connectivity index (χ0) is 29.2. The number of anilines is 3. The summed E-state index contributed by atoms with van der Waals surface area (Å²) in [4.78, 5) is 37.8. The Balaban J connectivity index is 1.05. The molecule has 11 heteroatoms. The Bertz CT molecular complexity index is 1980. The molecule has 2 saturated heterocycles. The van der Waals surface area contributed by atoms with Crippen molar-refractivity contribution in [3.63, 3.8) is 0 Å². The van der Waals surface area contributed by atoms with Gasteiger partial charge in [-0.2, -0.15) is 0 Å². The molecule has 2 atom stereocenters. The quantitative estimate of drug-likeness (QED) is 0.287. The molecule has 0 spiro atoms. The number of carbonyl (C=O) groups excluding carboxylic acids is 2. The average molecular weight is 576 g/mol. The number of benzene rings is 2. The van der Waals surface area contributed by atoms with Gasteiger partial charge in [-0.05, 0) is 55.3 Å². The number of morpholine rings is 1. The highest BCUT2D eigenvalue weighted by molar-refractivity contribution is 6.16. The van der Waals surface area contributed by atoms with Gasteiger partial charge in [-0.3, -0.25) is 10.1 Å².